The molecule has 0 aromatic heterocycles. The zero-order chi connectivity index (χ0) is 13.0. The number of carbonyl (C=O) groups is 1. The topological polar surface area (TPSA) is 41.1 Å². The van der Waals surface area contributed by atoms with Crippen LogP contribution in [0.2, 0.25) is 0 Å². The summed E-state index contributed by atoms with van der Waals surface area (Å²) in [6.07, 6.45) is 5.01. The number of halogens is 1. The molecular weight excluding hydrogens is 292 g/mol. The molecule has 1 saturated carbocycles. The minimum absolute atomic E-state index is 0.0918. The molecule has 0 saturated heterocycles. The number of hydrogen-bond acceptors (Lipinski definition) is 2. The van der Waals surface area contributed by atoms with Gasteiger partial charge in [-0.2, -0.15) is 0 Å². The number of allylic oxidation sites excluding steroid dienone is 1. The van der Waals surface area contributed by atoms with Crippen LogP contribution in [0, 0.1) is 5.92 Å². The molecule has 0 radical (unpaired) electrons. The molecule has 1 aliphatic carbocycles. The Morgan fingerprint density at radius 2 is 2.00 bits per heavy atom. The SMILES string of the molecule is CC/C=C(/NNC(=O)C1CC1)c1ccc(Br)cc1. The standard InChI is InChI=1S/C14H17BrN2O/c1-2-3-13(10-6-8-12(15)9-7-10)16-17-14(18)11-4-5-11/h3,6-9,11,16H,2,4-5H2,1H3,(H,17,18)/b13-3+. The molecule has 2 rings (SSSR count). The van der Waals surface area contributed by atoms with Gasteiger partial charge in [-0.1, -0.05) is 41.1 Å². The fraction of sp³-hybridized carbons (Fsp3) is 0.357. The molecule has 1 aromatic rings. The first-order chi connectivity index (χ1) is 8.70. The normalized spacial score (nSPS) is 15.3. The quantitative estimate of drug-likeness (QED) is 0.820. The Morgan fingerprint density at radius 1 is 1.33 bits per heavy atom. The van der Waals surface area contributed by atoms with Gasteiger partial charge in [-0.05, 0) is 37.0 Å². The van der Waals surface area contributed by atoms with E-state index in [0.29, 0.717) is 0 Å². The van der Waals surface area contributed by atoms with Crippen LogP contribution in [0.25, 0.3) is 5.70 Å². The van der Waals surface area contributed by atoms with Crippen LogP contribution in [0.15, 0.2) is 34.8 Å². The van der Waals surface area contributed by atoms with E-state index in [-0.39, 0.29) is 11.8 Å². The van der Waals surface area contributed by atoms with Crippen LogP contribution in [0.5, 0.6) is 0 Å². The zero-order valence-electron chi connectivity index (χ0n) is 10.4. The molecule has 1 aliphatic rings. The Bertz CT molecular complexity index is 449. The maximum atomic E-state index is 11.6. The van der Waals surface area contributed by atoms with Crippen molar-refractivity contribution in [3.05, 3.63) is 40.4 Å². The maximum Gasteiger partial charge on any atom is 0.241 e. The number of amides is 1. The van der Waals surface area contributed by atoms with Crippen molar-refractivity contribution in [3.8, 4) is 0 Å². The van der Waals surface area contributed by atoms with Crippen molar-refractivity contribution in [3.63, 3.8) is 0 Å². The molecule has 0 spiro atoms. The van der Waals surface area contributed by atoms with E-state index in [9.17, 15) is 4.79 Å². The van der Waals surface area contributed by atoms with E-state index in [1.807, 2.05) is 24.3 Å². The van der Waals surface area contributed by atoms with Gasteiger partial charge in [-0.15, -0.1) is 0 Å². The highest BCUT2D eigenvalue weighted by Gasteiger charge is 2.29. The van der Waals surface area contributed by atoms with E-state index >= 15 is 0 Å². The average Bonchev–Trinajstić information content (AvgIpc) is 3.19. The molecule has 2 N–H and O–H groups in total. The lowest BCUT2D eigenvalue weighted by atomic mass is 10.1. The van der Waals surface area contributed by atoms with Gasteiger partial charge in [-0.25, -0.2) is 0 Å². The lowest BCUT2D eigenvalue weighted by Gasteiger charge is -2.12. The number of hydrogen-bond donors (Lipinski definition) is 2. The summed E-state index contributed by atoms with van der Waals surface area (Å²) < 4.78 is 1.05. The largest absolute Gasteiger partial charge is 0.298 e. The van der Waals surface area contributed by atoms with E-state index in [2.05, 4.69) is 39.8 Å². The molecular formula is C14H17BrN2O. The van der Waals surface area contributed by atoms with E-state index < -0.39 is 0 Å². The summed E-state index contributed by atoms with van der Waals surface area (Å²) in [4.78, 5) is 11.6. The van der Waals surface area contributed by atoms with Crippen molar-refractivity contribution >= 4 is 27.5 Å². The molecule has 1 aromatic carbocycles. The summed E-state index contributed by atoms with van der Waals surface area (Å²) >= 11 is 3.41. The van der Waals surface area contributed by atoms with Gasteiger partial charge in [0, 0.05) is 10.4 Å². The van der Waals surface area contributed by atoms with Crippen LogP contribution in [0.4, 0.5) is 0 Å². The fourth-order valence-corrected chi connectivity index (χ4v) is 1.92. The van der Waals surface area contributed by atoms with E-state index in [1.165, 1.54) is 0 Å². The smallest absolute Gasteiger partial charge is 0.241 e. The second kappa shape index (κ2) is 6.05. The van der Waals surface area contributed by atoms with Crippen LogP contribution in [-0.2, 0) is 4.79 Å². The molecule has 0 bridgehead atoms. The minimum Gasteiger partial charge on any atom is -0.298 e. The van der Waals surface area contributed by atoms with Crippen LogP contribution in [0.3, 0.4) is 0 Å². The zero-order valence-corrected chi connectivity index (χ0v) is 12.0. The molecule has 96 valence electrons. The predicted molar refractivity (Wildman–Crippen MR) is 76.4 cm³/mol. The Morgan fingerprint density at radius 3 is 2.56 bits per heavy atom. The number of benzene rings is 1. The van der Waals surface area contributed by atoms with Crippen molar-refractivity contribution in [1.29, 1.82) is 0 Å². The third kappa shape index (κ3) is 3.60. The molecule has 0 aliphatic heterocycles. The van der Waals surface area contributed by atoms with Gasteiger partial charge in [0.05, 0.1) is 5.70 Å². The second-order valence-electron chi connectivity index (χ2n) is 4.42. The van der Waals surface area contributed by atoms with E-state index in [0.717, 1.165) is 35.0 Å². The number of carbonyl (C=O) groups excluding carboxylic acids is 1. The number of rotatable bonds is 5. The molecule has 0 unspecified atom stereocenters. The average molecular weight is 309 g/mol. The lowest BCUT2D eigenvalue weighted by molar-refractivity contribution is -0.122. The van der Waals surface area contributed by atoms with Crippen LogP contribution in [-0.4, -0.2) is 5.91 Å². The van der Waals surface area contributed by atoms with Crippen molar-refractivity contribution in [1.82, 2.24) is 10.9 Å². The molecule has 0 atom stereocenters. The maximum absolute atomic E-state index is 11.6. The Kier molecular flexibility index (Phi) is 4.42. The van der Waals surface area contributed by atoms with Gasteiger partial charge in [-0.3, -0.25) is 15.6 Å². The van der Waals surface area contributed by atoms with E-state index in [4.69, 9.17) is 0 Å². The highest BCUT2D eigenvalue weighted by molar-refractivity contribution is 9.10. The summed E-state index contributed by atoms with van der Waals surface area (Å²) in [7, 11) is 0. The van der Waals surface area contributed by atoms with Crippen LogP contribution in [0.1, 0.15) is 31.7 Å². The first kappa shape index (κ1) is 13.1. The van der Waals surface area contributed by atoms with Gasteiger partial charge >= 0.3 is 0 Å². The summed E-state index contributed by atoms with van der Waals surface area (Å²) in [6, 6.07) is 8.01. The molecule has 1 amide bonds. The van der Waals surface area contributed by atoms with E-state index in [1.54, 1.807) is 0 Å². The van der Waals surface area contributed by atoms with Crippen molar-refractivity contribution < 1.29 is 4.79 Å². The van der Waals surface area contributed by atoms with Crippen molar-refractivity contribution in [2.75, 3.05) is 0 Å². The number of nitrogens with one attached hydrogen (secondary N) is 2. The number of hydrazine groups is 1. The summed E-state index contributed by atoms with van der Waals surface area (Å²) in [5.74, 6) is 0.305. The van der Waals surface area contributed by atoms with Crippen molar-refractivity contribution in [2.24, 2.45) is 5.92 Å². The summed E-state index contributed by atoms with van der Waals surface area (Å²) in [5, 5.41) is 0. The Hall–Kier alpha value is -1.29. The molecule has 1 fully saturated rings. The van der Waals surface area contributed by atoms with Gasteiger partial charge < -0.3 is 0 Å². The van der Waals surface area contributed by atoms with Crippen molar-refractivity contribution in [2.45, 2.75) is 26.2 Å². The fourth-order valence-electron chi connectivity index (χ4n) is 1.65. The van der Waals surface area contributed by atoms with Crippen LogP contribution < -0.4 is 10.9 Å². The highest BCUT2D eigenvalue weighted by atomic mass is 79.9. The first-order valence-electron chi connectivity index (χ1n) is 6.22. The Labute approximate surface area is 116 Å². The lowest BCUT2D eigenvalue weighted by Crippen LogP contribution is -2.37. The minimum atomic E-state index is 0.0918. The van der Waals surface area contributed by atoms with Gasteiger partial charge in [0.2, 0.25) is 5.91 Å². The first-order valence-corrected chi connectivity index (χ1v) is 7.02. The molecule has 18 heavy (non-hydrogen) atoms. The van der Waals surface area contributed by atoms with Gasteiger partial charge in [0.15, 0.2) is 0 Å². The third-order valence-electron chi connectivity index (χ3n) is 2.83. The molecule has 4 heteroatoms. The third-order valence-corrected chi connectivity index (χ3v) is 3.36. The Balaban J connectivity index is 2.01. The highest BCUT2D eigenvalue weighted by Crippen LogP contribution is 2.28. The second-order valence-corrected chi connectivity index (χ2v) is 5.34. The molecule has 3 nitrogen and oxygen atoms in total. The summed E-state index contributed by atoms with van der Waals surface area (Å²) in [5.41, 5.74) is 7.81. The van der Waals surface area contributed by atoms with Gasteiger partial charge in [0.25, 0.3) is 0 Å². The molecule has 0 heterocycles. The van der Waals surface area contributed by atoms with Gasteiger partial charge in [0.1, 0.15) is 0 Å². The van der Waals surface area contributed by atoms with Crippen LogP contribution >= 0.6 is 15.9 Å². The predicted octanol–water partition coefficient (Wildman–Crippen LogP) is 3.23. The monoisotopic (exact) mass is 308 g/mol. The summed E-state index contributed by atoms with van der Waals surface area (Å²) in [6.45, 7) is 2.07.